The maximum absolute atomic E-state index is 5.39. The molecule has 1 nitrogen and oxygen atoms in total. The van der Waals surface area contributed by atoms with Gasteiger partial charge in [-0.1, -0.05) is 40.9 Å². The summed E-state index contributed by atoms with van der Waals surface area (Å²) >= 11 is 3.55. The van der Waals surface area contributed by atoms with Crippen molar-refractivity contribution in [3.8, 4) is 12.3 Å². The molecule has 1 rings (SSSR count). The lowest BCUT2D eigenvalue weighted by atomic mass is 10.1. The second kappa shape index (κ2) is 5.95. The van der Waals surface area contributed by atoms with Crippen LogP contribution in [0.1, 0.15) is 24.5 Å². The Morgan fingerprint density at radius 2 is 2.27 bits per heavy atom. The molecule has 0 heterocycles. The molecule has 0 spiro atoms. The SMILES string of the molecule is C#CC(CC)NCc1ccc(C)cc1Br. The summed E-state index contributed by atoms with van der Waals surface area (Å²) in [4.78, 5) is 0. The summed E-state index contributed by atoms with van der Waals surface area (Å²) in [6, 6.07) is 6.51. The van der Waals surface area contributed by atoms with E-state index in [0.29, 0.717) is 0 Å². The van der Waals surface area contributed by atoms with E-state index in [4.69, 9.17) is 6.42 Å². The zero-order valence-electron chi connectivity index (χ0n) is 9.18. The summed E-state index contributed by atoms with van der Waals surface area (Å²) in [6.45, 7) is 4.98. The van der Waals surface area contributed by atoms with Gasteiger partial charge in [0.2, 0.25) is 0 Å². The minimum absolute atomic E-state index is 0.165. The molecule has 0 aliphatic carbocycles. The minimum atomic E-state index is 0.165. The van der Waals surface area contributed by atoms with Crippen LogP contribution in [0.2, 0.25) is 0 Å². The minimum Gasteiger partial charge on any atom is -0.300 e. The Hall–Kier alpha value is -0.780. The molecule has 1 aromatic rings. The number of aryl methyl sites for hydroxylation is 1. The highest BCUT2D eigenvalue weighted by Crippen LogP contribution is 2.18. The summed E-state index contributed by atoms with van der Waals surface area (Å²) in [5, 5.41) is 3.33. The smallest absolute Gasteiger partial charge is 0.0686 e. The molecule has 0 amide bonds. The monoisotopic (exact) mass is 265 g/mol. The largest absolute Gasteiger partial charge is 0.300 e. The molecule has 15 heavy (non-hydrogen) atoms. The van der Waals surface area contributed by atoms with Crippen molar-refractivity contribution in [2.45, 2.75) is 32.9 Å². The molecule has 0 saturated heterocycles. The number of hydrogen-bond acceptors (Lipinski definition) is 1. The van der Waals surface area contributed by atoms with Crippen molar-refractivity contribution in [2.75, 3.05) is 0 Å². The Balaban J connectivity index is 2.62. The van der Waals surface area contributed by atoms with Crippen molar-refractivity contribution in [3.05, 3.63) is 33.8 Å². The van der Waals surface area contributed by atoms with Crippen LogP contribution in [-0.4, -0.2) is 6.04 Å². The van der Waals surface area contributed by atoms with Crippen LogP contribution in [-0.2, 0) is 6.54 Å². The predicted molar refractivity (Wildman–Crippen MR) is 68.6 cm³/mol. The molecule has 2 heteroatoms. The Labute approximate surface area is 100 Å². The quantitative estimate of drug-likeness (QED) is 0.825. The van der Waals surface area contributed by atoms with Gasteiger partial charge >= 0.3 is 0 Å². The number of benzene rings is 1. The zero-order valence-corrected chi connectivity index (χ0v) is 10.8. The van der Waals surface area contributed by atoms with Crippen molar-refractivity contribution in [1.82, 2.24) is 5.32 Å². The zero-order chi connectivity index (χ0) is 11.3. The molecular formula is C13H16BrN. The van der Waals surface area contributed by atoms with Crippen LogP contribution in [0.5, 0.6) is 0 Å². The first-order valence-electron chi connectivity index (χ1n) is 5.12. The molecule has 80 valence electrons. The van der Waals surface area contributed by atoms with Crippen LogP contribution < -0.4 is 5.32 Å². The van der Waals surface area contributed by atoms with Crippen LogP contribution >= 0.6 is 15.9 Å². The molecule has 1 aromatic carbocycles. The van der Waals surface area contributed by atoms with Gasteiger partial charge in [-0.05, 0) is 30.5 Å². The number of nitrogens with one attached hydrogen (secondary N) is 1. The lowest BCUT2D eigenvalue weighted by Crippen LogP contribution is -2.26. The molecule has 1 unspecified atom stereocenters. The first-order valence-corrected chi connectivity index (χ1v) is 5.91. The predicted octanol–water partition coefficient (Wildman–Crippen LogP) is 3.26. The first kappa shape index (κ1) is 12.3. The fourth-order valence-corrected chi connectivity index (χ4v) is 1.98. The van der Waals surface area contributed by atoms with Crippen LogP contribution in [0.15, 0.2) is 22.7 Å². The topological polar surface area (TPSA) is 12.0 Å². The molecular weight excluding hydrogens is 250 g/mol. The van der Waals surface area contributed by atoms with Gasteiger partial charge in [-0.2, -0.15) is 0 Å². The van der Waals surface area contributed by atoms with Crippen LogP contribution in [0.25, 0.3) is 0 Å². The summed E-state index contributed by atoms with van der Waals surface area (Å²) in [6.07, 6.45) is 6.34. The maximum atomic E-state index is 5.39. The number of halogens is 1. The second-order valence-corrected chi connectivity index (χ2v) is 4.46. The number of hydrogen-bond donors (Lipinski definition) is 1. The average molecular weight is 266 g/mol. The van der Waals surface area contributed by atoms with E-state index in [1.54, 1.807) is 0 Å². The average Bonchev–Trinajstić information content (AvgIpc) is 2.22. The van der Waals surface area contributed by atoms with E-state index in [9.17, 15) is 0 Å². The number of terminal acetylenes is 1. The van der Waals surface area contributed by atoms with Crippen molar-refractivity contribution >= 4 is 15.9 Å². The third-order valence-electron chi connectivity index (χ3n) is 2.36. The molecule has 0 aliphatic rings. The molecule has 0 aliphatic heterocycles. The van der Waals surface area contributed by atoms with E-state index in [2.05, 4.69) is 59.2 Å². The fraction of sp³-hybridized carbons (Fsp3) is 0.385. The third kappa shape index (κ3) is 3.70. The van der Waals surface area contributed by atoms with Gasteiger partial charge in [0, 0.05) is 11.0 Å². The van der Waals surface area contributed by atoms with Gasteiger partial charge in [0.15, 0.2) is 0 Å². The fourth-order valence-electron chi connectivity index (χ4n) is 1.35. The third-order valence-corrected chi connectivity index (χ3v) is 3.10. The normalized spacial score (nSPS) is 12.1. The van der Waals surface area contributed by atoms with Gasteiger partial charge in [-0.25, -0.2) is 0 Å². The van der Waals surface area contributed by atoms with Gasteiger partial charge in [-0.3, -0.25) is 5.32 Å². The van der Waals surface area contributed by atoms with Gasteiger partial charge in [0.05, 0.1) is 6.04 Å². The summed E-state index contributed by atoms with van der Waals surface area (Å²) < 4.78 is 1.14. The lowest BCUT2D eigenvalue weighted by Gasteiger charge is -2.11. The van der Waals surface area contributed by atoms with E-state index >= 15 is 0 Å². The standard InChI is InChI=1S/C13H16BrN/c1-4-12(5-2)15-9-11-7-6-10(3)8-13(11)14/h1,6-8,12,15H,5,9H2,2-3H3. The summed E-state index contributed by atoms with van der Waals surface area (Å²) in [7, 11) is 0. The highest BCUT2D eigenvalue weighted by molar-refractivity contribution is 9.10. The molecule has 0 fully saturated rings. The molecule has 1 N–H and O–H groups in total. The Morgan fingerprint density at radius 3 is 2.80 bits per heavy atom. The molecule has 0 radical (unpaired) electrons. The summed E-state index contributed by atoms with van der Waals surface area (Å²) in [5.41, 5.74) is 2.50. The molecule has 0 aromatic heterocycles. The van der Waals surface area contributed by atoms with E-state index in [1.807, 2.05) is 0 Å². The van der Waals surface area contributed by atoms with Crippen LogP contribution in [0.3, 0.4) is 0 Å². The van der Waals surface area contributed by atoms with E-state index in [-0.39, 0.29) is 6.04 Å². The van der Waals surface area contributed by atoms with Gasteiger partial charge in [0.1, 0.15) is 0 Å². The van der Waals surface area contributed by atoms with Gasteiger partial charge < -0.3 is 0 Å². The van der Waals surface area contributed by atoms with Crippen molar-refractivity contribution in [3.63, 3.8) is 0 Å². The highest BCUT2D eigenvalue weighted by atomic mass is 79.9. The second-order valence-electron chi connectivity index (χ2n) is 3.60. The Bertz CT molecular complexity index is 365. The van der Waals surface area contributed by atoms with Gasteiger partial charge in [0.25, 0.3) is 0 Å². The maximum Gasteiger partial charge on any atom is 0.0686 e. The highest BCUT2D eigenvalue weighted by Gasteiger charge is 2.03. The Morgan fingerprint density at radius 1 is 1.53 bits per heavy atom. The van der Waals surface area contributed by atoms with Crippen molar-refractivity contribution in [1.29, 1.82) is 0 Å². The van der Waals surface area contributed by atoms with Crippen LogP contribution in [0, 0.1) is 19.3 Å². The number of rotatable bonds is 4. The van der Waals surface area contributed by atoms with Gasteiger partial charge in [-0.15, -0.1) is 6.42 Å². The van der Waals surface area contributed by atoms with Crippen LogP contribution in [0.4, 0.5) is 0 Å². The Kier molecular flexibility index (Phi) is 4.87. The molecule has 0 saturated carbocycles. The van der Waals surface area contributed by atoms with Crippen molar-refractivity contribution in [2.24, 2.45) is 0 Å². The lowest BCUT2D eigenvalue weighted by molar-refractivity contribution is 0.591. The molecule has 0 bridgehead atoms. The first-order chi connectivity index (χ1) is 7.17. The van der Waals surface area contributed by atoms with E-state index < -0.39 is 0 Å². The summed E-state index contributed by atoms with van der Waals surface area (Å²) in [5.74, 6) is 2.73. The van der Waals surface area contributed by atoms with Crippen molar-refractivity contribution < 1.29 is 0 Å². The van der Waals surface area contributed by atoms with E-state index in [1.165, 1.54) is 11.1 Å². The van der Waals surface area contributed by atoms with E-state index in [0.717, 1.165) is 17.4 Å². The molecule has 1 atom stereocenters.